The van der Waals surface area contributed by atoms with Crippen molar-refractivity contribution in [2.24, 2.45) is 5.92 Å². The Bertz CT molecular complexity index is 525. The van der Waals surface area contributed by atoms with Crippen molar-refractivity contribution in [3.63, 3.8) is 0 Å². The number of hydrogen-bond acceptors (Lipinski definition) is 2. The second-order valence-corrected chi connectivity index (χ2v) is 5.74. The number of benzene rings is 1. The molecular weight excluding hydrogens is 290 g/mol. The van der Waals surface area contributed by atoms with Crippen LogP contribution >= 0.6 is 0 Å². The van der Waals surface area contributed by atoms with Gasteiger partial charge in [-0.05, 0) is 18.9 Å². The van der Waals surface area contributed by atoms with Crippen LogP contribution in [0.4, 0.5) is 13.6 Å². The van der Waals surface area contributed by atoms with Gasteiger partial charge in [-0.3, -0.25) is 0 Å². The van der Waals surface area contributed by atoms with Gasteiger partial charge in [0, 0.05) is 37.2 Å². The van der Waals surface area contributed by atoms with E-state index in [0.29, 0.717) is 25.1 Å². The lowest BCUT2D eigenvalue weighted by Crippen LogP contribution is -2.40. The van der Waals surface area contributed by atoms with Crippen molar-refractivity contribution in [1.29, 1.82) is 0 Å². The van der Waals surface area contributed by atoms with Crippen molar-refractivity contribution in [3.8, 4) is 0 Å². The molecule has 1 aliphatic heterocycles. The molecule has 2 unspecified atom stereocenters. The summed E-state index contributed by atoms with van der Waals surface area (Å²) in [6.07, 6.45) is 2.11. The highest BCUT2D eigenvalue weighted by Gasteiger charge is 2.27. The molecule has 2 rings (SSSR count). The van der Waals surface area contributed by atoms with Crippen LogP contribution in [-0.4, -0.2) is 35.7 Å². The van der Waals surface area contributed by atoms with Crippen LogP contribution in [0, 0.1) is 17.6 Å². The van der Waals surface area contributed by atoms with Crippen molar-refractivity contribution >= 4 is 6.03 Å². The van der Waals surface area contributed by atoms with Gasteiger partial charge >= 0.3 is 6.03 Å². The Balaban J connectivity index is 2.07. The molecule has 2 amide bonds. The summed E-state index contributed by atoms with van der Waals surface area (Å²) in [4.78, 5) is 13.9. The second-order valence-electron chi connectivity index (χ2n) is 5.74. The fourth-order valence-corrected chi connectivity index (χ4v) is 2.78. The number of urea groups is 1. The van der Waals surface area contributed by atoms with Gasteiger partial charge in [0.25, 0.3) is 0 Å². The van der Waals surface area contributed by atoms with Gasteiger partial charge in [0.05, 0.1) is 6.04 Å². The van der Waals surface area contributed by atoms with E-state index in [9.17, 15) is 13.6 Å². The molecule has 0 saturated carbocycles. The molecule has 22 heavy (non-hydrogen) atoms. The Kier molecular flexibility index (Phi) is 5.71. The van der Waals surface area contributed by atoms with Gasteiger partial charge in [-0.15, -0.1) is 0 Å². The van der Waals surface area contributed by atoms with E-state index in [1.54, 1.807) is 4.90 Å². The third-order valence-corrected chi connectivity index (χ3v) is 4.04. The van der Waals surface area contributed by atoms with Crippen molar-refractivity contribution in [1.82, 2.24) is 10.2 Å². The van der Waals surface area contributed by atoms with E-state index in [-0.39, 0.29) is 18.6 Å². The van der Waals surface area contributed by atoms with Crippen LogP contribution in [-0.2, 0) is 0 Å². The lowest BCUT2D eigenvalue weighted by molar-refractivity contribution is 0.194. The molecule has 0 aromatic heterocycles. The zero-order valence-electron chi connectivity index (χ0n) is 12.7. The third kappa shape index (κ3) is 3.94. The first kappa shape index (κ1) is 16.7. The molecule has 1 aliphatic rings. The molecule has 1 aromatic carbocycles. The van der Waals surface area contributed by atoms with E-state index in [1.165, 1.54) is 12.1 Å². The smallest absolute Gasteiger partial charge is 0.317 e. The standard InChI is InChI=1S/C16H22F2N2O2/c1-2-3-15(13-5-4-12(17)8-14(13)18)19-16(22)20-7-6-11(9-20)10-21/h4-5,8,11,15,21H,2-3,6-7,9-10H2,1H3,(H,19,22). The van der Waals surface area contributed by atoms with Crippen LogP contribution in [0.15, 0.2) is 18.2 Å². The van der Waals surface area contributed by atoms with E-state index in [2.05, 4.69) is 5.32 Å². The average molecular weight is 312 g/mol. The van der Waals surface area contributed by atoms with Crippen LogP contribution < -0.4 is 5.32 Å². The normalized spacial score (nSPS) is 19.3. The van der Waals surface area contributed by atoms with E-state index in [1.807, 2.05) is 6.92 Å². The summed E-state index contributed by atoms with van der Waals surface area (Å²) < 4.78 is 27.0. The van der Waals surface area contributed by atoms with Gasteiger partial charge in [-0.2, -0.15) is 0 Å². The minimum absolute atomic E-state index is 0.0642. The zero-order chi connectivity index (χ0) is 16.1. The molecule has 0 bridgehead atoms. The van der Waals surface area contributed by atoms with Gasteiger partial charge in [0.1, 0.15) is 11.6 Å². The molecule has 0 spiro atoms. The lowest BCUT2D eigenvalue weighted by Gasteiger charge is -2.24. The SMILES string of the molecule is CCCC(NC(=O)N1CCC(CO)C1)c1ccc(F)cc1F. The fraction of sp³-hybridized carbons (Fsp3) is 0.562. The highest BCUT2D eigenvalue weighted by Crippen LogP contribution is 2.23. The molecular formula is C16H22F2N2O2. The van der Waals surface area contributed by atoms with Gasteiger partial charge in [0.2, 0.25) is 0 Å². The maximum Gasteiger partial charge on any atom is 0.317 e. The van der Waals surface area contributed by atoms with Gasteiger partial charge in [0.15, 0.2) is 0 Å². The van der Waals surface area contributed by atoms with Crippen molar-refractivity contribution in [2.45, 2.75) is 32.2 Å². The van der Waals surface area contributed by atoms with Crippen LogP contribution in [0.1, 0.15) is 37.8 Å². The van der Waals surface area contributed by atoms with Crippen LogP contribution in [0.25, 0.3) is 0 Å². The largest absolute Gasteiger partial charge is 0.396 e. The summed E-state index contributed by atoms with van der Waals surface area (Å²) >= 11 is 0. The molecule has 1 saturated heterocycles. The Labute approximate surface area is 129 Å². The summed E-state index contributed by atoms with van der Waals surface area (Å²) in [5.74, 6) is -1.17. The van der Waals surface area contributed by atoms with Gasteiger partial charge < -0.3 is 15.3 Å². The van der Waals surface area contributed by atoms with Crippen LogP contribution in [0.2, 0.25) is 0 Å². The molecule has 122 valence electrons. The molecule has 1 aromatic rings. The molecule has 2 atom stereocenters. The number of likely N-dealkylation sites (tertiary alicyclic amines) is 1. The van der Waals surface area contributed by atoms with E-state index in [0.717, 1.165) is 18.9 Å². The maximum atomic E-state index is 13.9. The van der Waals surface area contributed by atoms with Crippen molar-refractivity contribution < 1.29 is 18.7 Å². The Morgan fingerprint density at radius 3 is 2.86 bits per heavy atom. The number of hydrogen-bond donors (Lipinski definition) is 2. The highest BCUT2D eigenvalue weighted by molar-refractivity contribution is 5.75. The first-order valence-electron chi connectivity index (χ1n) is 7.66. The van der Waals surface area contributed by atoms with E-state index < -0.39 is 17.7 Å². The number of carbonyl (C=O) groups is 1. The monoisotopic (exact) mass is 312 g/mol. The fourth-order valence-electron chi connectivity index (χ4n) is 2.78. The third-order valence-electron chi connectivity index (χ3n) is 4.04. The number of aliphatic hydroxyl groups excluding tert-OH is 1. The minimum Gasteiger partial charge on any atom is -0.396 e. The first-order valence-corrected chi connectivity index (χ1v) is 7.66. The number of carbonyl (C=O) groups excluding carboxylic acids is 1. The summed E-state index contributed by atoms with van der Waals surface area (Å²) in [6.45, 7) is 3.10. The number of aliphatic hydroxyl groups is 1. The van der Waals surface area contributed by atoms with Gasteiger partial charge in [-0.25, -0.2) is 13.6 Å². The van der Waals surface area contributed by atoms with E-state index in [4.69, 9.17) is 5.11 Å². The summed E-state index contributed by atoms with van der Waals surface area (Å²) in [5, 5.41) is 12.0. The quantitative estimate of drug-likeness (QED) is 0.878. The molecule has 1 heterocycles. The topological polar surface area (TPSA) is 52.6 Å². The number of halogens is 2. The van der Waals surface area contributed by atoms with Gasteiger partial charge in [-0.1, -0.05) is 19.4 Å². The average Bonchev–Trinajstić information content (AvgIpc) is 2.96. The Morgan fingerprint density at radius 1 is 1.50 bits per heavy atom. The predicted octanol–water partition coefficient (Wildman–Crippen LogP) is 2.83. The number of rotatable bonds is 5. The lowest BCUT2D eigenvalue weighted by atomic mass is 10.0. The molecule has 2 N–H and O–H groups in total. The van der Waals surface area contributed by atoms with Crippen molar-refractivity contribution in [3.05, 3.63) is 35.4 Å². The van der Waals surface area contributed by atoms with Crippen molar-refractivity contribution in [2.75, 3.05) is 19.7 Å². The molecule has 0 radical (unpaired) electrons. The number of nitrogens with one attached hydrogen (secondary N) is 1. The maximum absolute atomic E-state index is 13.9. The molecule has 6 heteroatoms. The number of nitrogens with zero attached hydrogens (tertiary/aromatic N) is 1. The summed E-state index contributed by atoms with van der Waals surface area (Å²) in [5.41, 5.74) is 0.300. The Hall–Kier alpha value is -1.69. The zero-order valence-corrected chi connectivity index (χ0v) is 12.7. The molecule has 1 fully saturated rings. The van der Waals surface area contributed by atoms with Crippen LogP contribution in [0.5, 0.6) is 0 Å². The highest BCUT2D eigenvalue weighted by atomic mass is 19.1. The summed E-state index contributed by atoms with van der Waals surface area (Å²) in [6, 6.07) is 2.67. The second kappa shape index (κ2) is 7.54. The Morgan fingerprint density at radius 2 is 2.27 bits per heavy atom. The molecule has 0 aliphatic carbocycles. The minimum atomic E-state index is -0.645. The van der Waals surface area contributed by atoms with E-state index >= 15 is 0 Å². The number of amides is 2. The first-order chi connectivity index (χ1) is 10.5. The summed E-state index contributed by atoms with van der Waals surface area (Å²) in [7, 11) is 0. The molecule has 4 nitrogen and oxygen atoms in total. The van der Waals surface area contributed by atoms with Crippen LogP contribution in [0.3, 0.4) is 0 Å². The predicted molar refractivity (Wildman–Crippen MR) is 79.3 cm³/mol.